The molecule has 10 heteroatoms. The van der Waals surface area contributed by atoms with Crippen molar-refractivity contribution in [3.05, 3.63) is 72.9 Å². The first kappa shape index (κ1) is 53.9. The molecule has 0 aliphatic rings. The standard InChI is InChI=1S/C46H81O9P/c1-3-5-7-9-11-13-15-17-19-21-23-25-27-29-31-33-35-37-39-52-42-45(43-54-56(50,51)53-41-44(48)40-47)55-46(49)38-36-34-32-30-28-26-24-22-20-18-16-14-12-10-8-6-4-2/h5,7,11,13,17-20,23,25,29,31,44-45,47-48H,3-4,6,8-10,12,14-16,21-22,24,26-28,30,32-43H2,1-2H3,(H,50,51)/b7-5-,13-11-,19-17-,20-18-,25-23-,31-29-. The lowest BCUT2D eigenvalue weighted by Gasteiger charge is -2.20. The van der Waals surface area contributed by atoms with Gasteiger partial charge < -0.3 is 24.6 Å². The van der Waals surface area contributed by atoms with E-state index >= 15 is 0 Å². The summed E-state index contributed by atoms with van der Waals surface area (Å²) in [5.74, 6) is -0.405. The van der Waals surface area contributed by atoms with Crippen molar-refractivity contribution >= 4 is 13.8 Å². The van der Waals surface area contributed by atoms with Gasteiger partial charge in [-0.25, -0.2) is 4.57 Å². The van der Waals surface area contributed by atoms with E-state index < -0.39 is 45.8 Å². The highest BCUT2D eigenvalue weighted by molar-refractivity contribution is 7.47. The second kappa shape index (κ2) is 42.5. The summed E-state index contributed by atoms with van der Waals surface area (Å²) in [6, 6.07) is 0. The minimum Gasteiger partial charge on any atom is -0.457 e. The molecule has 0 spiro atoms. The number of phosphoric ester groups is 1. The number of phosphoric acid groups is 1. The second-order valence-electron chi connectivity index (χ2n) is 14.3. The second-order valence-corrected chi connectivity index (χ2v) is 15.8. The molecule has 0 aliphatic carbocycles. The van der Waals surface area contributed by atoms with Crippen molar-refractivity contribution in [3.63, 3.8) is 0 Å². The number of esters is 1. The van der Waals surface area contributed by atoms with Crippen molar-refractivity contribution in [2.45, 2.75) is 180 Å². The van der Waals surface area contributed by atoms with Crippen LogP contribution in [0.15, 0.2) is 72.9 Å². The molecule has 56 heavy (non-hydrogen) atoms. The molecule has 3 unspecified atom stereocenters. The largest absolute Gasteiger partial charge is 0.472 e. The molecule has 3 atom stereocenters. The summed E-state index contributed by atoms with van der Waals surface area (Å²) >= 11 is 0. The summed E-state index contributed by atoms with van der Waals surface area (Å²) in [6.45, 7) is 3.27. The van der Waals surface area contributed by atoms with Crippen molar-refractivity contribution in [2.75, 3.05) is 33.0 Å². The molecule has 324 valence electrons. The number of unbranched alkanes of at least 4 members (excludes halogenated alkanes) is 15. The van der Waals surface area contributed by atoms with E-state index in [1.54, 1.807) is 0 Å². The number of carbonyl (C=O) groups is 1. The van der Waals surface area contributed by atoms with E-state index in [0.29, 0.717) is 13.0 Å². The van der Waals surface area contributed by atoms with Crippen LogP contribution in [-0.4, -0.2) is 66.3 Å². The van der Waals surface area contributed by atoms with Gasteiger partial charge in [0.1, 0.15) is 12.2 Å². The Morgan fingerprint density at radius 3 is 1.55 bits per heavy atom. The van der Waals surface area contributed by atoms with Crippen LogP contribution < -0.4 is 0 Å². The summed E-state index contributed by atoms with van der Waals surface area (Å²) in [5.41, 5.74) is 0. The van der Waals surface area contributed by atoms with Gasteiger partial charge in [0.15, 0.2) is 0 Å². The van der Waals surface area contributed by atoms with Gasteiger partial charge >= 0.3 is 13.8 Å². The van der Waals surface area contributed by atoms with Crippen LogP contribution in [0.1, 0.15) is 168 Å². The molecule has 0 aromatic heterocycles. The minimum absolute atomic E-state index is 0.0148. The normalized spacial score (nSPS) is 14.7. The fourth-order valence-corrected chi connectivity index (χ4v) is 6.34. The van der Waals surface area contributed by atoms with Gasteiger partial charge in [0.05, 0.1) is 26.4 Å². The Hall–Kier alpha value is -2.10. The van der Waals surface area contributed by atoms with Gasteiger partial charge in [-0.2, -0.15) is 0 Å². The molecule has 0 aliphatic heterocycles. The predicted octanol–water partition coefficient (Wildman–Crippen LogP) is 12.1. The first-order valence-electron chi connectivity index (χ1n) is 21.9. The lowest BCUT2D eigenvalue weighted by atomic mass is 10.1. The lowest BCUT2D eigenvalue weighted by Crippen LogP contribution is -2.29. The SMILES string of the molecule is CC/C=C\C/C=C\C/C=C\C/C=C\C/C=C\CCCCOCC(COP(=O)(O)OCC(O)CO)OC(=O)CCCCCCCCC/C=C\CCCCCCCC. The summed E-state index contributed by atoms with van der Waals surface area (Å²) in [5, 5.41) is 18.3. The topological polar surface area (TPSA) is 132 Å². The van der Waals surface area contributed by atoms with Gasteiger partial charge in [-0.1, -0.05) is 151 Å². The molecule has 0 aromatic rings. The van der Waals surface area contributed by atoms with Crippen LogP contribution in [0.5, 0.6) is 0 Å². The van der Waals surface area contributed by atoms with E-state index in [4.69, 9.17) is 23.6 Å². The van der Waals surface area contributed by atoms with Crippen LogP contribution in [0.3, 0.4) is 0 Å². The maximum atomic E-state index is 12.6. The van der Waals surface area contributed by atoms with Crippen LogP contribution in [-0.2, 0) is 27.9 Å². The molecular formula is C46H81O9P. The number of rotatable bonds is 41. The molecule has 0 aromatic carbocycles. The third kappa shape index (κ3) is 41.5. The number of aliphatic hydroxyl groups excluding tert-OH is 2. The highest BCUT2D eigenvalue weighted by atomic mass is 31.2. The number of hydrogen-bond acceptors (Lipinski definition) is 8. The molecule has 9 nitrogen and oxygen atoms in total. The van der Waals surface area contributed by atoms with Crippen LogP contribution in [0.2, 0.25) is 0 Å². The van der Waals surface area contributed by atoms with Gasteiger partial charge in [0.2, 0.25) is 0 Å². The zero-order valence-electron chi connectivity index (χ0n) is 35.3. The predicted molar refractivity (Wildman–Crippen MR) is 233 cm³/mol. The Morgan fingerprint density at radius 1 is 0.571 bits per heavy atom. The maximum Gasteiger partial charge on any atom is 0.472 e. The third-order valence-corrected chi connectivity index (χ3v) is 9.83. The molecule has 0 radical (unpaired) electrons. The summed E-state index contributed by atoms with van der Waals surface area (Å²) in [6.07, 6.45) is 50.1. The average Bonchev–Trinajstić information content (AvgIpc) is 3.19. The minimum atomic E-state index is -4.53. The Labute approximate surface area is 342 Å². The smallest absolute Gasteiger partial charge is 0.457 e. The number of hydrogen-bond donors (Lipinski definition) is 3. The van der Waals surface area contributed by atoms with Crippen LogP contribution >= 0.6 is 7.82 Å². The zero-order chi connectivity index (χ0) is 41.1. The molecule has 0 amide bonds. The van der Waals surface area contributed by atoms with Crippen LogP contribution in [0.4, 0.5) is 0 Å². The van der Waals surface area contributed by atoms with Gasteiger partial charge in [-0.15, -0.1) is 0 Å². The molecule has 0 saturated carbocycles. The Morgan fingerprint density at radius 2 is 1.02 bits per heavy atom. The van der Waals surface area contributed by atoms with Crippen molar-refractivity contribution < 1.29 is 43.0 Å². The van der Waals surface area contributed by atoms with E-state index in [2.05, 4.69) is 86.8 Å². The van der Waals surface area contributed by atoms with E-state index in [1.165, 1.54) is 64.2 Å². The highest BCUT2D eigenvalue weighted by Gasteiger charge is 2.26. The molecule has 0 heterocycles. The molecule has 0 saturated heterocycles. The first-order valence-corrected chi connectivity index (χ1v) is 23.4. The summed E-state index contributed by atoms with van der Waals surface area (Å²) in [4.78, 5) is 22.6. The summed E-state index contributed by atoms with van der Waals surface area (Å²) in [7, 11) is -4.53. The average molecular weight is 809 g/mol. The number of aliphatic hydroxyl groups is 2. The maximum absolute atomic E-state index is 12.6. The van der Waals surface area contributed by atoms with E-state index in [0.717, 1.165) is 77.0 Å². The lowest BCUT2D eigenvalue weighted by molar-refractivity contribution is -0.154. The Balaban J connectivity index is 4.27. The van der Waals surface area contributed by atoms with Gasteiger partial charge in [0, 0.05) is 13.0 Å². The monoisotopic (exact) mass is 809 g/mol. The fraction of sp³-hybridized carbons (Fsp3) is 0.717. The van der Waals surface area contributed by atoms with Gasteiger partial charge in [-0.3, -0.25) is 13.8 Å². The molecule has 3 N–H and O–H groups in total. The number of ether oxygens (including phenoxy) is 2. The Kier molecular flexibility index (Phi) is 40.9. The number of carbonyl (C=O) groups excluding carboxylic acids is 1. The molecule has 0 fully saturated rings. The van der Waals surface area contributed by atoms with Crippen LogP contribution in [0.25, 0.3) is 0 Å². The summed E-state index contributed by atoms with van der Waals surface area (Å²) < 4.78 is 33.3. The molecule has 0 rings (SSSR count). The van der Waals surface area contributed by atoms with E-state index in [1.807, 2.05) is 0 Å². The zero-order valence-corrected chi connectivity index (χ0v) is 36.2. The molecular weight excluding hydrogens is 727 g/mol. The molecule has 0 bridgehead atoms. The van der Waals surface area contributed by atoms with E-state index in [-0.39, 0.29) is 13.0 Å². The Bertz CT molecular complexity index is 1100. The van der Waals surface area contributed by atoms with Gasteiger partial charge in [-0.05, 0) is 83.5 Å². The van der Waals surface area contributed by atoms with Crippen LogP contribution in [0, 0.1) is 0 Å². The quantitative estimate of drug-likeness (QED) is 0.0239. The van der Waals surface area contributed by atoms with Crippen molar-refractivity contribution in [3.8, 4) is 0 Å². The first-order chi connectivity index (χ1) is 27.3. The fourth-order valence-electron chi connectivity index (χ4n) is 5.55. The van der Waals surface area contributed by atoms with Crippen molar-refractivity contribution in [1.82, 2.24) is 0 Å². The van der Waals surface area contributed by atoms with Gasteiger partial charge in [0.25, 0.3) is 0 Å². The third-order valence-electron chi connectivity index (χ3n) is 8.88. The number of allylic oxidation sites excluding steroid dienone is 12. The van der Waals surface area contributed by atoms with E-state index in [9.17, 15) is 19.4 Å². The highest BCUT2D eigenvalue weighted by Crippen LogP contribution is 2.43. The van der Waals surface area contributed by atoms with Crippen molar-refractivity contribution in [2.24, 2.45) is 0 Å². The van der Waals surface area contributed by atoms with Crippen molar-refractivity contribution in [1.29, 1.82) is 0 Å².